The SMILES string of the molecule is O=C(O)c1ccc2nc(CN3CCC(Oc4ccn(Cc5ccc(Cl)cc5F)n4)CC3)n(C[C@@H]3CCO3)c2c1. The molecule has 1 atom stereocenters. The molecule has 204 valence electrons. The number of piperidine rings is 1. The van der Waals surface area contributed by atoms with Gasteiger partial charge < -0.3 is 19.1 Å². The van der Waals surface area contributed by atoms with Crippen LogP contribution in [0.25, 0.3) is 11.0 Å². The average molecular weight is 554 g/mol. The number of carbonyl (C=O) groups is 1. The molecule has 2 saturated heterocycles. The highest BCUT2D eigenvalue weighted by Crippen LogP contribution is 2.25. The Morgan fingerprint density at radius 2 is 1.95 bits per heavy atom. The van der Waals surface area contributed by atoms with E-state index in [0.29, 0.717) is 36.1 Å². The van der Waals surface area contributed by atoms with Crippen LogP contribution in [0.3, 0.4) is 0 Å². The number of hydrogen-bond donors (Lipinski definition) is 1. The van der Waals surface area contributed by atoms with Crippen molar-refractivity contribution in [3.63, 3.8) is 0 Å². The topological polar surface area (TPSA) is 94.6 Å². The van der Waals surface area contributed by atoms with E-state index in [9.17, 15) is 14.3 Å². The maximum absolute atomic E-state index is 14.1. The molecule has 2 aliphatic heterocycles. The Morgan fingerprint density at radius 1 is 1.13 bits per heavy atom. The Hall–Kier alpha value is -3.47. The standard InChI is InChI=1S/C28H29ClFN5O4/c29-20-3-1-19(23(30)14-20)15-34-11-7-27(32-34)39-21-5-9-33(10-6-21)17-26-31-24-4-2-18(28(36)37)13-25(24)35(26)16-22-8-12-38-22/h1-4,7,11,13-14,21-22H,5-6,8-10,12,15-17H2,(H,36,37)/t22-/m0/s1. The second-order valence-electron chi connectivity index (χ2n) is 10.1. The predicted octanol–water partition coefficient (Wildman–Crippen LogP) is 4.60. The molecule has 0 radical (unpaired) electrons. The highest BCUT2D eigenvalue weighted by molar-refractivity contribution is 6.30. The van der Waals surface area contributed by atoms with Gasteiger partial charge >= 0.3 is 5.97 Å². The number of aromatic nitrogens is 4. The Bertz CT molecular complexity index is 1490. The third-order valence-corrected chi connectivity index (χ3v) is 7.64. The summed E-state index contributed by atoms with van der Waals surface area (Å²) in [6.45, 7) is 4.06. The zero-order chi connectivity index (χ0) is 26.9. The molecular weight excluding hydrogens is 525 g/mol. The zero-order valence-corrected chi connectivity index (χ0v) is 22.1. The first-order chi connectivity index (χ1) is 18.9. The van der Waals surface area contributed by atoms with Crippen LogP contribution < -0.4 is 4.74 Å². The lowest BCUT2D eigenvalue weighted by Gasteiger charge is -2.32. The number of ether oxygens (including phenoxy) is 2. The second kappa shape index (κ2) is 11.0. The molecule has 4 aromatic rings. The minimum absolute atomic E-state index is 0.0391. The van der Waals surface area contributed by atoms with E-state index >= 15 is 0 Å². The molecule has 0 amide bonds. The van der Waals surface area contributed by atoms with Crippen LogP contribution in [0.2, 0.25) is 5.02 Å². The number of fused-ring (bicyclic) bond motifs is 1. The molecule has 0 bridgehead atoms. The van der Waals surface area contributed by atoms with E-state index < -0.39 is 5.97 Å². The summed E-state index contributed by atoms with van der Waals surface area (Å²) in [7, 11) is 0. The number of likely N-dealkylation sites (tertiary alicyclic amines) is 1. The van der Waals surface area contributed by atoms with Gasteiger partial charge in [0, 0.05) is 42.5 Å². The molecule has 0 aliphatic carbocycles. The molecule has 39 heavy (non-hydrogen) atoms. The highest BCUT2D eigenvalue weighted by atomic mass is 35.5. The van der Waals surface area contributed by atoms with E-state index in [2.05, 4.69) is 14.6 Å². The number of benzene rings is 2. The third kappa shape index (κ3) is 5.78. The van der Waals surface area contributed by atoms with Gasteiger partial charge in [-0.15, -0.1) is 5.10 Å². The maximum atomic E-state index is 14.1. The lowest BCUT2D eigenvalue weighted by molar-refractivity contribution is -0.0592. The summed E-state index contributed by atoms with van der Waals surface area (Å²) in [5, 5.41) is 14.3. The fraction of sp³-hybridized carbons (Fsp3) is 0.393. The van der Waals surface area contributed by atoms with Crippen molar-refractivity contribution in [2.45, 2.75) is 51.1 Å². The number of halogens is 2. The molecule has 6 rings (SSSR count). The van der Waals surface area contributed by atoms with Gasteiger partial charge in [0.2, 0.25) is 5.88 Å². The van der Waals surface area contributed by atoms with Gasteiger partial charge in [0.15, 0.2) is 0 Å². The van der Waals surface area contributed by atoms with Crippen molar-refractivity contribution in [3.05, 3.63) is 76.5 Å². The Balaban J connectivity index is 1.08. The Morgan fingerprint density at radius 3 is 2.67 bits per heavy atom. The molecule has 2 aromatic carbocycles. The normalized spacial score (nSPS) is 18.4. The van der Waals surface area contributed by atoms with Gasteiger partial charge in [0.05, 0.1) is 42.3 Å². The van der Waals surface area contributed by atoms with Crippen molar-refractivity contribution in [2.75, 3.05) is 19.7 Å². The molecule has 2 fully saturated rings. The first-order valence-corrected chi connectivity index (χ1v) is 13.5. The van der Waals surface area contributed by atoms with E-state index in [1.165, 1.54) is 6.07 Å². The smallest absolute Gasteiger partial charge is 0.335 e. The van der Waals surface area contributed by atoms with Gasteiger partial charge in [-0.3, -0.25) is 9.58 Å². The molecular formula is C28H29ClFN5O4. The van der Waals surface area contributed by atoms with Crippen molar-refractivity contribution < 1.29 is 23.8 Å². The molecule has 0 unspecified atom stereocenters. The maximum Gasteiger partial charge on any atom is 0.335 e. The number of carboxylic acids is 1. The van der Waals surface area contributed by atoms with Crippen LogP contribution >= 0.6 is 11.6 Å². The molecule has 0 spiro atoms. The number of hydrogen-bond acceptors (Lipinski definition) is 6. The molecule has 2 aromatic heterocycles. The summed E-state index contributed by atoms with van der Waals surface area (Å²) < 4.78 is 29.7. The van der Waals surface area contributed by atoms with Crippen LogP contribution in [0, 0.1) is 5.82 Å². The summed E-state index contributed by atoms with van der Waals surface area (Å²) >= 11 is 5.84. The third-order valence-electron chi connectivity index (χ3n) is 7.40. The molecule has 11 heteroatoms. The van der Waals surface area contributed by atoms with Crippen molar-refractivity contribution in [1.29, 1.82) is 0 Å². The molecule has 0 saturated carbocycles. The first-order valence-electron chi connectivity index (χ1n) is 13.1. The van der Waals surface area contributed by atoms with Gasteiger partial charge in [-0.05, 0) is 49.6 Å². The van der Waals surface area contributed by atoms with Crippen molar-refractivity contribution in [3.8, 4) is 5.88 Å². The van der Waals surface area contributed by atoms with Crippen molar-refractivity contribution in [1.82, 2.24) is 24.2 Å². The number of aromatic carboxylic acids is 1. The zero-order valence-electron chi connectivity index (χ0n) is 21.3. The quantitative estimate of drug-likeness (QED) is 0.323. The number of imidazole rings is 1. The fourth-order valence-corrected chi connectivity index (χ4v) is 5.30. The molecule has 1 N–H and O–H groups in total. The van der Waals surface area contributed by atoms with Gasteiger partial charge in [-0.25, -0.2) is 14.2 Å². The minimum atomic E-state index is -0.949. The predicted molar refractivity (Wildman–Crippen MR) is 143 cm³/mol. The lowest BCUT2D eigenvalue weighted by atomic mass is 10.1. The molecule has 4 heterocycles. The van der Waals surface area contributed by atoms with Gasteiger partial charge in [0.1, 0.15) is 17.7 Å². The summed E-state index contributed by atoms with van der Waals surface area (Å²) in [5.74, 6) is 0.133. The largest absolute Gasteiger partial charge is 0.478 e. The van der Waals surface area contributed by atoms with Crippen LogP contribution in [0.1, 0.15) is 41.0 Å². The minimum Gasteiger partial charge on any atom is -0.478 e. The van der Waals surface area contributed by atoms with E-state index in [4.69, 9.17) is 26.1 Å². The van der Waals surface area contributed by atoms with Crippen LogP contribution in [-0.2, 0) is 24.4 Å². The van der Waals surface area contributed by atoms with Gasteiger partial charge in [-0.1, -0.05) is 17.7 Å². The van der Waals surface area contributed by atoms with Gasteiger partial charge in [-0.2, -0.15) is 0 Å². The van der Waals surface area contributed by atoms with Crippen LogP contribution in [0.15, 0.2) is 48.7 Å². The van der Waals surface area contributed by atoms with Crippen molar-refractivity contribution in [2.24, 2.45) is 0 Å². The monoisotopic (exact) mass is 553 g/mol. The average Bonchev–Trinajstić information content (AvgIpc) is 3.47. The van der Waals surface area contributed by atoms with E-state index in [0.717, 1.165) is 55.8 Å². The summed E-state index contributed by atoms with van der Waals surface area (Å²) in [6, 6.07) is 11.5. The number of rotatable bonds is 9. The van der Waals surface area contributed by atoms with Crippen LogP contribution in [0.5, 0.6) is 5.88 Å². The first kappa shape index (κ1) is 25.8. The van der Waals surface area contributed by atoms with Crippen LogP contribution in [0.4, 0.5) is 4.39 Å². The fourth-order valence-electron chi connectivity index (χ4n) is 5.14. The number of carboxylic acid groups (broad SMARTS) is 1. The second-order valence-corrected chi connectivity index (χ2v) is 10.5. The Kier molecular flexibility index (Phi) is 7.24. The van der Waals surface area contributed by atoms with E-state index in [-0.39, 0.29) is 23.6 Å². The highest BCUT2D eigenvalue weighted by Gasteiger charge is 2.26. The number of nitrogens with zero attached hydrogens (tertiary/aromatic N) is 5. The summed E-state index contributed by atoms with van der Waals surface area (Å²) in [4.78, 5) is 18.7. The molecule has 9 nitrogen and oxygen atoms in total. The lowest BCUT2D eigenvalue weighted by Crippen LogP contribution is -2.39. The van der Waals surface area contributed by atoms with Crippen LogP contribution in [-0.4, -0.2) is 67.2 Å². The molecule has 2 aliphatic rings. The van der Waals surface area contributed by atoms with E-state index in [1.807, 2.05) is 0 Å². The Labute approximate surface area is 229 Å². The summed E-state index contributed by atoms with van der Waals surface area (Å²) in [5.41, 5.74) is 2.38. The van der Waals surface area contributed by atoms with E-state index in [1.54, 1.807) is 47.3 Å². The van der Waals surface area contributed by atoms with Gasteiger partial charge in [0.25, 0.3) is 0 Å². The van der Waals surface area contributed by atoms with Crippen molar-refractivity contribution >= 4 is 28.6 Å². The summed E-state index contributed by atoms with van der Waals surface area (Å²) in [6.07, 6.45) is 4.62.